The summed E-state index contributed by atoms with van der Waals surface area (Å²) in [5.74, 6) is -0.779. The standard InChI is InChI=1S/C11H14N4O3/c1-6-2-3-8(18-6)11(17)15-9-5-13-4-7(14-9)10(12)16/h4-6,8H,2-3H2,1H3,(H2,12,16)(H,14,15,17)/t6?,8-/m1/s1. The van der Waals surface area contributed by atoms with E-state index in [0.717, 1.165) is 6.42 Å². The minimum absolute atomic E-state index is 0.00788. The Hall–Kier alpha value is -2.02. The minimum Gasteiger partial charge on any atom is -0.365 e. The van der Waals surface area contributed by atoms with Crippen molar-refractivity contribution in [2.24, 2.45) is 5.73 Å². The van der Waals surface area contributed by atoms with E-state index in [4.69, 9.17) is 10.5 Å². The molecule has 96 valence electrons. The van der Waals surface area contributed by atoms with E-state index in [-0.39, 0.29) is 23.5 Å². The fourth-order valence-corrected chi connectivity index (χ4v) is 1.75. The van der Waals surface area contributed by atoms with Crippen molar-refractivity contribution in [1.82, 2.24) is 9.97 Å². The summed E-state index contributed by atoms with van der Waals surface area (Å²) >= 11 is 0. The molecule has 0 spiro atoms. The summed E-state index contributed by atoms with van der Waals surface area (Å²) in [6.45, 7) is 1.92. The molecule has 2 rings (SSSR count). The van der Waals surface area contributed by atoms with Crippen LogP contribution in [0.5, 0.6) is 0 Å². The highest BCUT2D eigenvalue weighted by atomic mass is 16.5. The average Bonchev–Trinajstić information content (AvgIpc) is 2.76. The van der Waals surface area contributed by atoms with Crippen molar-refractivity contribution in [3.05, 3.63) is 18.1 Å². The SMILES string of the molecule is CC1CC[C@H](C(=O)Nc2cncc(C(N)=O)n2)O1. The first-order valence-corrected chi connectivity index (χ1v) is 5.64. The van der Waals surface area contributed by atoms with Crippen molar-refractivity contribution in [3.8, 4) is 0 Å². The van der Waals surface area contributed by atoms with E-state index >= 15 is 0 Å². The number of ether oxygens (including phenoxy) is 1. The van der Waals surface area contributed by atoms with Crippen LogP contribution in [-0.2, 0) is 9.53 Å². The van der Waals surface area contributed by atoms with Gasteiger partial charge < -0.3 is 15.8 Å². The van der Waals surface area contributed by atoms with Gasteiger partial charge in [0.25, 0.3) is 11.8 Å². The van der Waals surface area contributed by atoms with Gasteiger partial charge in [-0.1, -0.05) is 0 Å². The van der Waals surface area contributed by atoms with Crippen LogP contribution in [0.4, 0.5) is 5.82 Å². The number of carbonyl (C=O) groups excluding carboxylic acids is 2. The van der Waals surface area contributed by atoms with E-state index in [0.29, 0.717) is 6.42 Å². The van der Waals surface area contributed by atoms with Gasteiger partial charge in [0.05, 0.1) is 18.5 Å². The van der Waals surface area contributed by atoms with E-state index < -0.39 is 12.0 Å². The molecule has 1 aromatic heterocycles. The second kappa shape index (κ2) is 5.09. The number of hydrogen-bond acceptors (Lipinski definition) is 5. The van der Waals surface area contributed by atoms with Crippen molar-refractivity contribution >= 4 is 17.6 Å². The zero-order valence-corrected chi connectivity index (χ0v) is 9.92. The quantitative estimate of drug-likeness (QED) is 0.790. The molecule has 0 aliphatic carbocycles. The Bertz CT molecular complexity index is 477. The first-order chi connectivity index (χ1) is 8.56. The number of nitrogens with zero attached hydrogens (tertiary/aromatic N) is 2. The number of primary amides is 1. The van der Waals surface area contributed by atoms with Crippen LogP contribution in [0, 0.1) is 0 Å². The Morgan fingerprint density at radius 2 is 2.22 bits per heavy atom. The molecule has 18 heavy (non-hydrogen) atoms. The Morgan fingerprint density at radius 1 is 1.44 bits per heavy atom. The number of hydrogen-bond donors (Lipinski definition) is 2. The Morgan fingerprint density at radius 3 is 2.83 bits per heavy atom. The number of aromatic nitrogens is 2. The summed E-state index contributed by atoms with van der Waals surface area (Å²) in [4.78, 5) is 30.4. The number of rotatable bonds is 3. The third-order valence-electron chi connectivity index (χ3n) is 2.66. The van der Waals surface area contributed by atoms with Gasteiger partial charge in [-0.05, 0) is 19.8 Å². The topological polar surface area (TPSA) is 107 Å². The van der Waals surface area contributed by atoms with E-state index in [1.165, 1.54) is 12.4 Å². The van der Waals surface area contributed by atoms with E-state index in [9.17, 15) is 9.59 Å². The largest absolute Gasteiger partial charge is 0.365 e. The smallest absolute Gasteiger partial charge is 0.268 e. The molecule has 0 bridgehead atoms. The third kappa shape index (κ3) is 2.80. The zero-order chi connectivity index (χ0) is 13.1. The molecule has 1 aliphatic rings. The van der Waals surface area contributed by atoms with Gasteiger partial charge in [0.15, 0.2) is 5.82 Å². The normalized spacial score (nSPS) is 22.7. The van der Waals surface area contributed by atoms with Crippen LogP contribution in [0.3, 0.4) is 0 Å². The van der Waals surface area contributed by atoms with Crippen LogP contribution in [0.25, 0.3) is 0 Å². The summed E-state index contributed by atoms with van der Waals surface area (Å²) < 4.78 is 5.42. The molecule has 7 nitrogen and oxygen atoms in total. The van der Waals surface area contributed by atoms with Crippen LogP contribution >= 0.6 is 0 Å². The summed E-state index contributed by atoms with van der Waals surface area (Å²) in [6.07, 6.45) is 3.73. The number of carbonyl (C=O) groups is 2. The first-order valence-electron chi connectivity index (χ1n) is 5.64. The molecule has 2 atom stereocenters. The lowest BCUT2D eigenvalue weighted by molar-refractivity contribution is -0.126. The highest BCUT2D eigenvalue weighted by Crippen LogP contribution is 2.20. The molecule has 1 aliphatic heterocycles. The molecular weight excluding hydrogens is 236 g/mol. The molecule has 7 heteroatoms. The minimum atomic E-state index is -0.690. The summed E-state index contributed by atoms with van der Waals surface area (Å²) in [6, 6.07) is 0. The van der Waals surface area contributed by atoms with Gasteiger partial charge in [-0.3, -0.25) is 14.6 Å². The van der Waals surface area contributed by atoms with E-state index in [1.807, 2.05) is 6.92 Å². The third-order valence-corrected chi connectivity index (χ3v) is 2.66. The Labute approximate surface area is 104 Å². The van der Waals surface area contributed by atoms with Gasteiger partial charge in [0.2, 0.25) is 0 Å². The van der Waals surface area contributed by atoms with Gasteiger partial charge in [-0.2, -0.15) is 0 Å². The predicted molar refractivity (Wildman–Crippen MR) is 62.7 cm³/mol. The van der Waals surface area contributed by atoms with Gasteiger partial charge in [-0.15, -0.1) is 0 Å². The average molecular weight is 250 g/mol. The van der Waals surface area contributed by atoms with Crippen molar-refractivity contribution in [3.63, 3.8) is 0 Å². The van der Waals surface area contributed by atoms with Crippen molar-refractivity contribution in [2.45, 2.75) is 32.0 Å². The van der Waals surface area contributed by atoms with Crippen LogP contribution in [-0.4, -0.2) is 34.0 Å². The number of nitrogens with one attached hydrogen (secondary N) is 1. The molecule has 2 amide bonds. The van der Waals surface area contributed by atoms with Gasteiger partial charge in [-0.25, -0.2) is 4.98 Å². The number of amides is 2. The Balaban J connectivity index is 2.03. The van der Waals surface area contributed by atoms with Crippen LogP contribution in [0.1, 0.15) is 30.3 Å². The molecule has 2 heterocycles. The van der Waals surface area contributed by atoms with Crippen molar-refractivity contribution in [1.29, 1.82) is 0 Å². The lowest BCUT2D eigenvalue weighted by Gasteiger charge is -2.11. The molecule has 1 saturated heterocycles. The van der Waals surface area contributed by atoms with Crippen molar-refractivity contribution < 1.29 is 14.3 Å². The van der Waals surface area contributed by atoms with Crippen LogP contribution < -0.4 is 11.1 Å². The molecule has 1 fully saturated rings. The van der Waals surface area contributed by atoms with Gasteiger partial charge in [0, 0.05) is 0 Å². The predicted octanol–water partition coefficient (Wildman–Crippen LogP) is 0.0815. The molecular formula is C11H14N4O3. The van der Waals surface area contributed by atoms with Gasteiger partial charge in [0.1, 0.15) is 11.8 Å². The molecule has 1 unspecified atom stereocenters. The lowest BCUT2D eigenvalue weighted by atomic mass is 10.2. The fourth-order valence-electron chi connectivity index (χ4n) is 1.75. The molecule has 0 radical (unpaired) electrons. The maximum Gasteiger partial charge on any atom is 0.268 e. The van der Waals surface area contributed by atoms with Gasteiger partial charge >= 0.3 is 0 Å². The first kappa shape index (κ1) is 12.4. The molecule has 0 saturated carbocycles. The van der Waals surface area contributed by atoms with Crippen LogP contribution in [0.2, 0.25) is 0 Å². The molecule has 3 N–H and O–H groups in total. The number of nitrogens with two attached hydrogens (primary N) is 1. The van der Waals surface area contributed by atoms with E-state index in [1.54, 1.807) is 0 Å². The Kier molecular flexibility index (Phi) is 3.52. The number of anilines is 1. The fraction of sp³-hybridized carbons (Fsp3) is 0.455. The van der Waals surface area contributed by atoms with Crippen LogP contribution in [0.15, 0.2) is 12.4 Å². The highest BCUT2D eigenvalue weighted by molar-refractivity contribution is 5.94. The monoisotopic (exact) mass is 250 g/mol. The summed E-state index contributed by atoms with van der Waals surface area (Å²) in [5.41, 5.74) is 5.08. The highest BCUT2D eigenvalue weighted by Gasteiger charge is 2.28. The maximum absolute atomic E-state index is 11.8. The lowest BCUT2D eigenvalue weighted by Crippen LogP contribution is -2.28. The second-order valence-electron chi connectivity index (χ2n) is 4.16. The zero-order valence-electron chi connectivity index (χ0n) is 9.92. The molecule has 0 aromatic carbocycles. The van der Waals surface area contributed by atoms with E-state index in [2.05, 4.69) is 15.3 Å². The second-order valence-corrected chi connectivity index (χ2v) is 4.16. The van der Waals surface area contributed by atoms with Crippen molar-refractivity contribution in [2.75, 3.05) is 5.32 Å². The summed E-state index contributed by atoms with van der Waals surface area (Å²) in [7, 11) is 0. The molecule has 1 aromatic rings. The summed E-state index contributed by atoms with van der Waals surface area (Å²) in [5, 5.41) is 2.55. The maximum atomic E-state index is 11.8.